The van der Waals surface area contributed by atoms with Crippen LogP contribution in [0, 0.1) is 0 Å². The first-order chi connectivity index (χ1) is 5.24. The van der Waals surface area contributed by atoms with Gasteiger partial charge in [0.2, 0.25) is 0 Å². The van der Waals surface area contributed by atoms with Gasteiger partial charge < -0.3 is 16.5 Å². The SMILES string of the molecule is NCCC(S)c1c[nH]c(N)n1. The Kier molecular flexibility index (Phi) is 2.78. The number of thiol groups is 1. The monoisotopic (exact) mass is 172 g/mol. The van der Waals surface area contributed by atoms with Crippen molar-refractivity contribution in [2.24, 2.45) is 5.73 Å². The standard InChI is InChI=1S/C6H12N4S/c7-2-1-5(11)4-3-9-6(8)10-4/h3,5,11H,1-2,7H2,(H3,8,9,10). The molecule has 1 unspecified atom stereocenters. The van der Waals surface area contributed by atoms with Crippen LogP contribution in [0.5, 0.6) is 0 Å². The summed E-state index contributed by atoms with van der Waals surface area (Å²) >= 11 is 4.29. The smallest absolute Gasteiger partial charge is 0.197 e. The molecular weight excluding hydrogens is 160 g/mol. The van der Waals surface area contributed by atoms with Gasteiger partial charge in [0.05, 0.1) is 5.69 Å². The van der Waals surface area contributed by atoms with Crippen LogP contribution in [0.15, 0.2) is 6.20 Å². The maximum Gasteiger partial charge on any atom is 0.197 e. The van der Waals surface area contributed by atoms with Crippen molar-refractivity contribution < 1.29 is 0 Å². The lowest BCUT2D eigenvalue weighted by molar-refractivity contribution is 0.802. The maximum absolute atomic E-state index is 5.38. The number of H-pyrrole nitrogens is 1. The van der Waals surface area contributed by atoms with Gasteiger partial charge >= 0.3 is 0 Å². The third-order valence-corrected chi connectivity index (χ3v) is 1.92. The molecule has 1 rings (SSSR count). The van der Waals surface area contributed by atoms with Crippen LogP contribution in [-0.2, 0) is 0 Å². The second-order valence-electron chi connectivity index (χ2n) is 2.30. The topological polar surface area (TPSA) is 80.7 Å². The van der Waals surface area contributed by atoms with Crippen molar-refractivity contribution in [3.63, 3.8) is 0 Å². The van der Waals surface area contributed by atoms with Crippen molar-refractivity contribution in [3.8, 4) is 0 Å². The van der Waals surface area contributed by atoms with E-state index in [2.05, 4.69) is 22.6 Å². The molecule has 0 aliphatic rings. The van der Waals surface area contributed by atoms with Crippen LogP contribution in [0.3, 0.4) is 0 Å². The van der Waals surface area contributed by atoms with E-state index in [0.717, 1.165) is 12.1 Å². The quantitative estimate of drug-likeness (QED) is 0.495. The van der Waals surface area contributed by atoms with Gasteiger partial charge in [-0.15, -0.1) is 0 Å². The lowest BCUT2D eigenvalue weighted by atomic mass is 10.2. The van der Waals surface area contributed by atoms with Crippen LogP contribution in [0.25, 0.3) is 0 Å². The molecule has 0 aromatic carbocycles. The highest BCUT2D eigenvalue weighted by Crippen LogP contribution is 2.20. The van der Waals surface area contributed by atoms with E-state index in [4.69, 9.17) is 11.5 Å². The Bertz CT molecular complexity index is 222. The average molecular weight is 172 g/mol. The third-order valence-electron chi connectivity index (χ3n) is 1.40. The van der Waals surface area contributed by atoms with Crippen LogP contribution >= 0.6 is 12.6 Å². The Balaban J connectivity index is 2.60. The number of rotatable bonds is 3. The molecule has 62 valence electrons. The molecule has 1 aromatic heterocycles. The zero-order valence-corrected chi connectivity index (χ0v) is 7.01. The van der Waals surface area contributed by atoms with Gasteiger partial charge in [0.1, 0.15) is 0 Å². The zero-order valence-electron chi connectivity index (χ0n) is 6.12. The molecule has 0 spiro atoms. The van der Waals surface area contributed by atoms with Crippen LogP contribution in [-0.4, -0.2) is 16.5 Å². The van der Waals surface area contributed by atoms with Crippen LogP contribution in [0.2, 0.25) is 0 Å². The molecule has 11 heavy (non-hydrogen) atoms. The van der Waals surface area contributed by atoms with Crippen molar-refractivity contribution in [2.45, 2.75) is 11.7 Å². The van der Waals surface area contributed by atoms with E-state index >= 15 is 0 Å². The summed E-state index contributed by atoms with van der Waals surface area (Å²) in [6.07, 6.45) is 2.57. The molecule has 1 atom stereocenters. The summed E-state index contributed by atoms with van der Waals surface area (Å²) in [6, 6.07) is 0. The first-order valence-corrected chi connectivity index (χ1v) is 3.94. The minimum absolute atomic E-state index is 0.0912. The summed E-state index contributed by atoms with van der Waals surface area (Å²) in [5, 5.41) is 0.0912. The van der Waals surface area contributed by atoms with E-state index in [1.807, 2.05) is 0 Å². The second-order valence-corrected chi connectivity index (χ2v) is 2.93. The van der Waals surface area contributed by atoms with E-state index in [9.17, 15) is 0 Å². The molecule has 0 fully saturated rings. The van der Waals surface area contributed by atoms with Gasteiger partial charge in [-0.1, -0.05) is 0 Å². The molecule has 1 heterocycles. The van der Waals surface area contributed by atoms with Crippen molar-refractivity contribution in [3.05, 3.63) is 11.9 Å². The van der Waals surface area contributed by atoms with Gasteiger partial charge in [0.15, 0.2) is 5.95 Å². The number of aromatic amines is 1. The van der Waals surface area contributed by atoms with E-state index in [0.29, 0.717) is 12.5 Å². The Hall–Kier alpha value is -0.680. The first kappa shape index (κ1) is 8.42. The fourth-order valence-corrected chi connectivity index (χ4v) is 1.11. The van der Waals surface area contributed by atoms with Gasteiger partial charge in [-0.05, 0) is 13.0 Å². The van der Waals surface area contributed by atoms with Crippen molar-refractivity contribution in [2.75, 3.05) is 12.3 Å². The number of hydrogen-bond acceptors (Lipinski definition) is 4. The summed E-state index contributed by atoms with van der Waals surface area (Å²) in [5.41, 5.74) is 11.6. The molecular formula is C6H12N4S. The zero-order chi connectivity index (χ0) is 8.27. The fourth-order valence-electron chi connectivity index (χ4n) is 0.828. The number of anilines is 1. The summed E-state index contributed by atoms with van der Waals surface area (Å²) in [6.45, 7) is 0.612. The molecule has 0 radical (unpaired) electrons. The average Bonchev–Trinajstić information content (AvgIpc) is 2.36. The summed E-state index contributed by atoms with van der Waals surface area (Å²) < 4.78 is 0. The molecule has 0 bridgehead atoms. The Morgan fingerprint density at radius 3 is 2.91 bits per heavy atom. The van der Waals surface area contributed by atoms with Crippen molar-refractivity contribution >= 4 is 18.6 Å². The summed E-state index contributed by atoms with van der Waals surface area (Å²) in [5.74, 6) is 0.427. The lowest BCUT2D eigenvalue weighted by Crippen LogP contribution is -2.03. The summed E-state index contributed by atoms with van der Waals surface area (Å²) in [4.78, 5) is 6.80. The Morgan fingerprint density at radius 1 is 1.73 bits per heavy atom. The molecule has 0 saturated carbocycles. The van der Waals surface area contributed by atoms with E-state index in [1.165, 1.54) is 0 Å². The first-order valence-electron chi connectivity index (χ1n) is 3.43. The molecule has 0 aliphatic carbocycles. The van der Waals surface area contributed by atoms with Crippen molar-refractivity contribution in [1.29, 1.82) is 0 Å². The molecule has 0 saturated heterocycles. The van der Waals surface area contributed by atoms with Gasteiger partial charge in [-0.25, -0.2) is 4.98 Å². The molecule has 1 aromatic rings. The molecule has 5 heteroatoms. The van der Waals surface area contributed by atoms with E-state index in [-0.39, 0.29) is 5.25 Å². The maximum atomic E-state index is 5.38. The van der Waals surface area contributed by atoms with Gasteiger partial charge in [-0.3, -0.25) is 0 Å². The number of nitrogen functional groups attached to an aromatic ring is 1. The van der Waals surface area contributed by atoms with Crippen LogP contribution in [0.4, 0.5) is 5.95 Å². The summed E-state index contributed by atoms with van der Waals surface area (Å²) in [7, 11) is 0. The lowest BCUT2D eigenvalue weighted by Gasteiger charge is -2.03. The number of nitrogens with zero attached hydrogens (tertiary/aromatic N) is 1. The predicted octanol–water partition coefficient (Wildman–Crippen LogP) is 0.312. The minimum atomic E-state index is 0.0912. The highest BCUT2D eigenvalue weighted by atomic mass is 32.1. The molecule has 4 nitrogen and oxygen atoms in total. The highest BCUT2D eigenvalue weighted by molar-refractivity contribution is 7.80. The van der Waals surface area contributed by atoms with Crippen molar-refractivity contribution in [1.82, 2.24) is 9.97 Å². The Labute approximate surface area is 70.8 Å². The molecule has 0 amide bonds. The van der Waals surface area contributed by atoms with E-state index in [1.54, 1.807) is 6.20 Å². The number of nitrogens with two attached hydrogens (primary N) is 2. The number of hydrogen-bond donors (Lipinski definition) is 4. The molecule has 5 N–H and O–H groups in total. The number of nitrogens with one attached hydrogen (secondary N) is 1. The Morgan fingerprint density at radius 2 is 2.45 bits per heavy atom. The second kappa shape index (κ2) is 3.64. The normalized spacial score (nSPS) is 13.3. The van der Waals surface area contributed by atoms with Gasteiger partial charge in [0.25, 0.3) is 0 Å². The number of aromatic nitrogens is 2. The number of imidazole rings is 1. The fraction of sp³-hybridized carbons (Fsp3) is 0.500. The van der Waals surface area contributed by atoms with Gasteiger partial charge in [0, 0.05) is 11.4 Å². The van der Waals surface area contributed by atoms with Crippen LogP contribution < -0.4 is 11.5 Å². The third kappa shape index (κ3) is 2.13. The van der Waals surface area contributed by atoms with Crippen LogP contribution in [0.1, 0.15) is 17.4 Å². The molecule has 0 aliphatic heterocycles. The predicted molar refractivity (Wildman–Crippen MR) is 48.4 cm³/mol. The van der Waals surface area contributed by atoms with Gasteiger partial charge in [-0.2, -0.15) is 12.6 Å². The highest BCUT2D eigenvalue weighted by Gasteiger charge is 2.07. The largest absolute Gasteiger partial charge is 0.369 e. The van der Waals surface area contributed by atoms with E-state index < -0.39 is 0 Å². The minimum Gasteiger partial charge on any atom is -0.369 e.